The molecule has 3 aromatic rings. The van der Waals surface area contributed by atoms with Crippen molar-refractivity contribution in [2.45, 2.75) is 26.4 Å². The Labute approximate surface area is 202 Å². The molecule has 0 atom stereocenters. The number of amides is 2. The number of unbranched alkanes of at least 4 members (excludes halogenated alkanes) is 1. The van der Waals surface area contributed by atoms with Gasteiger partial charge in [-0.15, -0.1) is 0 Å². The van der Waals surface area contributed by atoms with Gasteiger partial charge in [0.15, 0.2) is 0 Å². The van der Waals surface area contributed by atoms with Crippen LogP contribution in [0.3, 0.4) is 0 Å². The summed E-state index contributed by atoms with van der Waals surface area (Å²) in [5, 5.41) is 1.77. The number of para-hydroxylation sites is 1. The number of benzene rings is 3. The van der Waals surface area contributed by atoms with Gasteiger partial charge >= 0.3 is 5.97 Å². The second-order valence-electron chi connectivity index (χ2n) is 7.81. The Balaban J connectivity index is 1.48. The van der Waals surface area contributed by atoms with Crippen LogP contribution in [0.2, 0.25) is 0 Å². The number of imide groups is 1. The number of esters is 1. The third-order valence-electron chi connectivity index (χ3n) is 5.39. The topological polar surface area (TPSA) is 72.9 Å². The van der Waals surface area contributed by atoms with Crippen molar-refractivity contribution < 1.29 is 23.9 Å². The Bertz CT molecular complexity index is 1250. The third kappa shape index (κ3) is 5.48. The van der Waals surface area contributed by atoms with Crippen LogP contribution >= 0.6 is 11.8 Å². The molecule has 174 valence electrons. The van der Waals surface area contributed by atoms with Crippen molar-refractivity contribution in [1.82, 2.24) is 4.90 Å². The second-order valence-corrected chi connectivity index (χ2v) is 8.80. The van der Waals surface area contributed by atoms with Crippen LogP contribution in [0.4, 0.5) is 4.79 Å². The van der Waals surface area contributed by atoms with E-state index in [2.05, 4.69) is 18.2 Å². The summed E-state index contributed by atoms with van der Waals surface area (Å²) in [6.07, 6.45) is 3.26. The minimum atomic E-state index is -0.587. The van der Waals surface area contributed by atoms with E-state index < -0.39 is 17.1 Å². The summed E-state index contributed by atoms with van der Waals surface area (Å²) in [4.78, 5) is 38.3. The van der Waals surface area contributed by atoms with Crippen LogP contribution in [0.5, 0.6) is 5.75 Å². The summed E-state index contributed by atoms with van der Waals surface area (Å²) in [5.74, 6) is -0.497. The van der Waals surface area contributed by atoms with Gasteiger partial charge in [-0.25, -0.2) is 0 Å². The molecule has 7 heteroatoms. The zero-order valence-corrected chi connectivity index (χ0v) is 19.7. The van der Waals surface area contributed by atoms with Crippen molar-refractivity contribution in [3.63, 3.8) is 0 Å². The lowest BCUT2D eigenvalue weighted by atomic mass is 10.1. The molecule has 0 bridgehead atoms. The molecule has 3 aromatic carbocycles. The van der Waals surface area contributed by atoms with Gasteiger partial charge in [0.25, 0.3) is 11.1 Å². The van der Waals surface area contributed by atoms with Gasteiger partial charge in [-0.05, 0) is 46.7 Å². The van der Waals surface area contributed by atoms with E-state index >= 15 is 0 Å². The quantitative estimate of drug-likeness (QED) is 0.221. The molecule has 6 nitrogen and oxygen atoms in total. The highest BCUT2D eigenvalue weighted by molar-refractivity contribution is 8.18. The smallest absolute Gasteiger partial charge is 0.326 e. The number of fused-ring (bicyclic) bond motifs is 1. The largest absolute Gasteiger partial charge is 0.488 e. The number of carbonyl (C=O) groups is 3. The first-order valence-electron chi connectivity index (χ1n) is 11.2. The molecule has 0 saturated carbocycles. The molecule has 2 amide bonds. The summed E-state index contributed by atoms with van der Waals surface area (Å²) in [5.41, 5.74) is 1.73. The minimum absolute atomic E-state index is 0.243. The Hall–Kier alpha value is -3.58. The van der Waals surface area contributed by atoms with Gasteiger partial charge in [0.05, 0.1) is 11.5 Å². The number of hydrogen-bond donors (Lipinski definition) is 0. The summed E-state index contributed by atoms with van der Waals surface area (Å²) in [6.45, 7) is 2.24. The lowest BCUT2D eigenvalue weighted by Gasteiger charge is -2.12. The van der Waals surface area contributed by atoms with Crippen molar-refractivity contribution in [3.05, 3.63) is 82.8 Å². The molecule has 0 aliphatic carbocycles. The van der Waals surface area contributed by atoms with E-state index in [1.54, 1.807) is 6.08 Å². The molecule has 4 rings (SSSR count). The van der Waals surface area contributed by atoms with E-state index in [0.717, 1.165) is 45.8 Å². The van der Waals surface area contributed by atoms with Crippen molar-refractivity contribution >= 4 is 45.7 Å². The van der Waals surface area contributed by atoms with Gasteiger partial charge in [-0.1, -0.05) is 74.0 Å². The Morgan fingerprint density at radius 3 is 2.62 bits per heavy atom. The first-order chi connectivity index (χ1) is 16.6. The number of carbonyl (C=O) groups excluding carboxylic acids is 3. The fourth-order valence-electron chi connectivity index (χ4n) is 3.59. The van der Waals surface area contributed by atoms with E-state index in [-0.39, 0.29) is 18.1 Å². The van der Waals surface area contributed by atoms with Gasteiger partial charge in [0.2, 0.25) is 0 Å². The molecule has 0 unspecified atom stereocenters. The van der Waals surface area contributed by atoms with Gasteiger partial charge in [0.1, 0.15) is 18.9 Å². The predicted molar refractivity (Wildman–Crippen MR) is 133 cm³/mol. The molecule has 0 aromatic heterocycles. The molecular formula is C27H25NO5S. The van der Waals surface area contributed by atoms with Crippen molar-refractivity contribution in [2.75, 3.05) is 13.2 Å². The monoisotopic (exact) mass is 475 g/mol. The van der Waals surface area contributed by atoms with Gasteiger partial charge in [-0.3, -0.25) is 19.3 Å². The zero-order valence-electron chi connectivity index (χ0n) is 18.9. The van der Waals surface area contributed by atoms with Crippen LogP contribution in [0.15, 0.2) is 71.6 Å². The van der Waals surface area contributed by atoms with E-state index in [1.807, 2.05) is 55.5 Å². The molecule has 1 aliphatic heterocycles. The van der Waals surface area contributed by atoms with Gasteiger partial charge in [-0.2, -0.15) is 0 Å². The van der Waals surface area contributed by atoms with Crippen LogP contribution in [0, 0.1) is 0 Å². The number of thioether (sulfide) groups is 1. The average Bonchev–Trinajstić information content (AvgIpc) is 3.11. The van der Waals surface area contributed by atoms with Gasteiger partial charge in [0, 0.05) is 5.56 Å². The summed E-state index contributed by atoms with van der Waals surface area (Å²) in [7, 11) is 0. The maximum absolute atomic E-state index is 12.8. The summed E-state index contributed by atoms with van der Waals surface area (Å²) in [6, 6.07) is 21.5. The lowest BCUT2D eigenvalue weighted by molar-refractivity contribution is -0.146. The summed E-state index contributed by atoms with van der Waals surface area (Å²) < 4.78 is 11.2. The van der Waals surface area contributed by atoms with Crippen molar-refractivity contribution in [3.8, 4) is 5.75 Å². The Kier molecular flexibility index (Phi) is 7.65. The number of hydrogen-bond acceptors (Lipinski definition) is 6. The normalized spacial score (nSPS) is 14.7. The molecule has 0 radical (unpaired) electrons. The minimum Gasteiger partial charge on any atom is -0.488 e. The molecule has 1 aliphatic rings. The van der Waals surface area contributed by atoms with E-state index in [0.29, 0.717) is 17.9 Å². The fraction of sp³-hybridized carbons (Fsp3) is 0.222. The maximum Gasteiger partial charge on any atom is 0.326 e. The molecule has 1 saturated heterocycles. The molecule has 34 heavy (non-hydrogen) atoms. The van der Waals surface area contributed by atoms with Gasteiger partial charge < -0.3 is 9.47 Å². The summed E-state index contributed by atoms with van der Waals surface area (Å²) >= 11 is 0.807. The van der Waals surface area contributed by atoms with E-state index in [1.165, 1.54) is 0 Å². The molecule has 1 heterocycles. The fourth-order valence-corrected chi connectivity index (χ4v) is 4.42. The third-order valence-corrected chi connectivity index (χ3v) is 6.30. The number of nitrogens with zero attached hydrogens (tertiary/aromatic N) is 1. The van der Waals surface area contributed by atoms with Crippen LogP contribution in [-0.2, 0) is 20.9 Å². The second kappa shape index (κ2) is 11.0. The van der Waals surface area contributed by atoms with Crippen LogP contribution in [-0.4, -0.2) is 35.2 Å². The average molecular weight is 476 g/mol. The highest BCUT2D eigenvalue weighted by Crippen LogP contribution is 2.34. The zero-order chi connectivity index (χ0) is 23.9. The first kappa shape index (κ1) is 23.6. The van der Waals surface area contributed by atoms with Crippen LogP contribution < -0.4 is 4.74 Å². The number of rotatable bonds is 9. The molecule has 1 fully saturated rings. The van der Waals surface area contributed by atoms with E-state index in [4.69, 9.17) is 9.47 Å². The highest BCUT2D eigenvalue weighted by atomic mass is 32.2. The highest BCUT2D eigenvalue weighted by Gasteiger charge is 2.36. The standard InChI is InChI=1S/C27H25NO5S/c1-2-3-15-32-25(29)17-28-26(30)24(34-27(28)31)16-20-10-5-7-14-23(20)33-18-21-12-8-11-19-9-4-6-13-22(19)21/h4-14,16H,2-3,15,17-18H2,1H3/b24-16-. The number of ether oxygens (including phenoxy) is 2. The van der Waals surface area contributed by atoms with Crippen molar-refractivity contribution in [1.29, 1.82) is 0 Å². The Morgan fingerprint density at radius 1 is 1.00 bits per heavy atom. The Morgan fingerprint density at radius 2 is 1.76 bits per heavy atom. The molecule has 0 spiro atoms. The SMILES string of the molecule is CCCCOC(=O)CN1C(=O)S/C(=C\c2ccccc2OCc2cccc3ccccc23)C1=O. The van der Waals surface area contributed by atoms with Crippen LogP contribution in [0.25, 0.3) is 16.8 Å². The first-order valence-corrected chi connectivity index (χ1v) is 12.0. The molecular weight excluding hydrogens is 450 g/mol. The van der Waals surface area contributed by atoms with Crippen molar-refractivity contribution in [2.24, 2.45) is 0 Å². The predicted octanol–water partition coefficient (Wildman–Crippen LogP) is 5.80. The molecule has 0 N–H and O–H groups in total. The lowest BCUT2D eigenvalue weighted by Crippen LogP contribution is -2.34. The van der Waals surface area contributed by atoms with E-state index in [9.17, 15) is 14.4 Å². The maximum atomic E-state index is 12.8. The van der Waals surface area contributed by atoms with Crippen LogP contribution in [0.1, 0.15) is 30.9 Å².